The summed E-state index contributed by atoms with van der Waals surface area (Å²) in [6.45, 7) is 1.27. The Bertz CT molecular complexity index is 1200. The van der Waals surface area contributed by atoms with Crippen LogP contribution in [0.3, 0.4) is 0 Å². The minimum absolute atomic E-state index is 0.0731. The summed E-state index contributed by atoms with van der Waals surface area (Å²) >= 11 is 0. The molecule has 12 nitrogen and oxygen atoms in total. The lowest BCUT2D eigenvalue weighted by atomic mass is 10.2. The molecule has 16 heteroatoms. The molecule has 0 amide bonds. The minimum atomic E-state index is -4.78. The third kappa shape index (κ3) is 9.59. The number of hydrogen-bond acceptors (Lipinski definition) is 9. The van der Waals surface area contributed by atoms with E-state index in [0.29, 0.717) is 24.3 Å². The van der Waals surface area contributed by atoms with E-state index in [0.717, 1.165) is 19.1 Å². The molecule has 3 N–H and O–H groups in total. The Morgan fingerprint density at radius 3 is 2.46 bits per heavy atom. The van der Waals surface area contributed by atoms with Gasteiger partial charge >= 0.3 is 6.36 Å². The number of benzene rings is 1. The van der Waals surface area contributed by atoms with Gasteiger partial charge in [0.05, 0.1) is 24.7 Å². The van der Waals surface area contributed by atoms with Crippen molar-refractivity contribution in [1.29, 1.82) is 0 Å². The maximum atomic E-state index is 12.4. The van der Waals surface area contributed by atoms with Gasteiger partial charge in [-0.25, -0.2) is 13.1 Å². The Balaban J connectivity index is 1.39. The highest BCUT2D eigenvalue weighted by molar-refractivity contribution is 7.88. The molecule has 2 aromatic heterocycles. The standard InChI is InChI=1S/C19H25F3N8O4S/c1-35(32,33)24-11-15-12-29(27-25-15)7-2-3-8-30-13-17(26-28-30)18(31)23-10-14-5-4-6-16(9-14)34-19(20,21)22/h4-6,9,12-13,18,23-24,31H,2-3,7-8,10-11H2,1H3. The van der Waals surface area contributed by atoms with Crippen LogP contribution in [0.15, 0.2) is 36.7 Å². The van der Waals surface area contributed by atoms with E-state index in [1.54, 1.807) is 27.8 Å². The van der Waals surface area contributed by atoms with E-state index in [1.807, 2.05) is 0 Å². The van der Waals surface area contributed by atoms with Crippen molar-refractivity contribution in [2.24, 2.45) is 0 Å². The molecule has 0 fully saturated rings. The predicted octanol–water partition coefficient (Wildman–Crippen LogP) is 1.08. The molecule has 0 aliphatic carbocycles. The summed E-state index contributed by atoms with van der Waals surface area (Å²) in [6, 6.07) is 5.44. The van der Waals surface area contributed by atoms with Gasteiger partial charge in [-0.1, -0.05) is 22.6 Å². The molecule has 0 aliphatic heterocycles. The second-order valence-electron chi connectivity index (χ2n) is 7.66. The fourth-order valence-electron chi connectivity index (χ4n) is 3.00. The maximum Gasteiger partial charge on any atom is 0.573 e. The first-order valence-corrected chi connectivity index (χ1v) is 12.4. The lowest BCUT2D eigenvalue weighted by molar-refractivity contribution is -0.274. The zero-order valence-electron chi connectivity index (χ0n) is 18.7. The zero-order valence-corrected chi connectivity index (χ0v) is 19.5. The summed E-state index contributed by atoms with van der Waals surface area (Å²) in [5.41, 5.74) is 1.27. The van der Waals surface area contributed by atoms with Gasteiger partial charge in [-0.2, -0.15) is 0 Å². The molecule has 1 unspecified atom stereocenters. The van der Waals surface area contributed by atoms with Crippen molar-refractivity contribution in [3.8, 4) is 5.75 Å². The first kappa shape index (κ1) is 26.5. The fourth-order valence-corrected chi connectivity index (χ4v) is 3.41. The lowest BCUT2D eigenvalue weighted by Crippen LogP contribution is -2.21. The third-order valence-electron chi connectivity index (χ3n) is 4.59. The number of aromatic nitrogens is 6. The van der Waals surface area contributed by atoms with Crippen LogP contribution in [0.1, 0.15) is 36.0 Å². The topological polar surface area (TPSA) is 149 Å². The molecule has 192 valence electrons. The summed E-state index contributed by atoms with van der Waals surface area (Å²) in [5, 5.41) is 28.8. The first-order valence-electron chi connectivity index (χ1n) is 10.5. The number of aliphatic hydroxyl groups is 1. The smallest absolute Gasteiger partial charge is 0.406 e. The Kier molecular flexibility index (Phi) is 8.76. The van der Waals surface area contributed by atoms with Crippen molar-refractivity contribution in [2.45, 2.75) is 51.6 Å². The number of halogens is 3. The van der Waals surface area contributed by atoms with Gasteiger partial charge in [0, 0.05) is 25.8 Å². The number of hydrogen-bond donors (Lipinski definition) is 3. The van der Waals surface area contributed by atoms with E-state index < -0.39 is 22.6 Å². The summed E-state index contributed by atoms with van der Waals surface area (Å²) in [4.78, 5) is 0. The van der Waals surface area contributed by atoms with Gasteiger partial charge in [0.25, 0.3) is 0 Å². The quantitative estimate of drug-likeness (QED) is 0.223. The molecule has 35 heavy (non-hydrogen) atoms. The van der Waals surface area contributed by atoms with E-state index in [-0.39, 0.29) is 24.5 Å². The van der Waals surface area contributed by atoms with Crippen molar-refractivity contribution in [3.63, 3.8) is 0 Å². The highest BCUT2D eigenvalue weighted by Crippen LogP contribution is 2.23. The molecule has 0 aliphatic rings. The number of aryl methyl sites for hydroxylation is 2. The Morgan fingerprint density at radius 1 is 1.09 bits per heavy atom. The molecule has 0 saturated heterocycles. The maximum absolute atomic E-state index is 12.4. The van der Waals surface area contributed by atoms with Gasteiger partial charge in [0.1, 0.15) is 11.4 Å². The van der Waals surface area contributed by atoms with Crippen LogP contribution in [0.25, 0.3) is 0 Å². The third-order valence-corrected chi connectivity index (χ3v) is 5.26. The zero-order chi connectivity index (χ0) is 25.5. The van der Waals surface area contributed by atoms with Crippen molar-refractivity contribution in [2.75, 3.05) is 6.26 Å². The Hall–Kier alpha value is -3.08. The van der Waals surface area contributed by atoms with Gasteiger partial charge in [0.15, 0.2) is 6.23 Å². The van der Waals surface area contributed by atoms with Crippen LogP contribution in [0.4, 0.5) is 13.2 Å². The number of sulfonamides is 1. The van der Waals surface area contributed by atoms with Crippen LogP contribution < -0.4 is 14.8 Å². The molecular weight excluding hydrogens is 493 g/mol. The van der Waals surface area contributed by atoms with E-state index in [2.05, 4.69) is 35.4 Å². The van der Waals surface area contributed by atoms with E-state index in [1.165, 1.54) is 18.2 Å². The molecule has 1 atom stereocenters. The van der Waals surface area contributed by atoms with Crippen LogP contribution in [0.5, 0.6) is 5.75 Å². The molecule has 1 aromatic carbocycles. The van der Waals surface area contributed by atoms with Crippen LogP contribution >= 0.6 is 0 Å². The Labute approximate surface area is 199 Å². The highest BCUT2D eigenvalue weighted by Gasteiger charge is 2.31. The molecule has 0 bridgehead atoms. The summed E-state index contributed by atoms with van der Waals surface area (Å²) in [7, 11) is -3.30. The van der Waals surface area contributed by atoms with Gasteiger partial charge in [0.2, 0.25) is 10.0 Å². The number of nitrogens with one attached hydrogen (secondary N) is 2. The number of unbranched alkanes of at least 4 members (excludes halogenated alkanes) is 1. The lowest BCUT2D eigenvalue weighted by Gasteiger charge is -2.12. The van der Waals surface area contributed by atoms with Crippen LogP contribution in [-0.2, 0) is 36.2 Å². The minimum Gasteiger partial charge on any atom is -0.406 e. The van der Waals surface area contributed by atoms with Crippen molar-refractivity contribution < 1.29 is 31.4 Å². The monoisotopic (exact) mass is 518 g/mol. The molecule has 2 heterocycles. The number of rotatable bonds is 13. The molecule has 3 aromatic rings. The normalized spacial score (nSPS) is 13.2. The summed E-state index contributed by atoms with van der Waals surface area (Å²) < 4.78 is 68.7. The van der Waals surface area contributed by atoms with Gasteiger partial charge in [-0.3, -0.25) is 14.7 Å². The largest absolute Gasteiger partial charge is 0.573 e. The average molecular weight is 519 g/mol. The van der Waals surface area contributed by atoms with Gasteiger partial charge in [-0.15, -0.1) is 23.4 Å². The molecule has 0 radical (unpaired) electrons. The Morgan fingerprint density at radius 2 is 1.77 bits per heavy atom. The van der Waals surface area contributed by atoms with Crippen LogP contribution in [0, 0.1) is 0 Å². The van der Waals surface area contributed by atoms with Crippen molar-refractivity contribution in [1.82, 2.24) is 40.0 Å². The summed E-state index contributed by atoms with van der Waals surface area (Å²) in [6.07, 6.45) is -0.157. The predicted molar refractivity (Wildman–Crippen MR) is 116 cm³/mol. The second-order valence-corrected chi connectivity index (χ2v) is 9.49. The SMILES string of the molecule is CS(=O)(=O)NCc1cn(CCCCn2cc(C(O)NCc3cccc(OC(F)(F)F)c3)nn2)nn1. The first-order chi connectivity index (χ1) is 16.5. The number of aliphatic hydroxyl groups excluding tert-OH is 1. The average Bonchev–Trinajstić information content (AvgIpc) is 3.42. The number of nitrogens with zero attached hydrogens (tertiary/aromatic N) is 6. The molecule has 0 saturated carbocycles. The molecule has 3 rings (SSSR count). The van der Waals surface area contributed by atoms with Crippen molar-refractivity contribution >= 4 is 10.0 Å². The van der Waals surface area contributed by atoms with Gasteiger partial charge < -0.3 is 9.84 Å². The molecular formula is C19H25F3N8O4S. The van der Waals surface area contributed by atoms with E-state index >= 15 is 0 Å². The van der Waals surface area contributed by atoms with E-state index in [9.17, 15) is 26.7 Å². The summed E-state index contributed by atoms with van der Waals surface area (Å²) in [5.74, 6) is -0.343. The van der Waals surface area contributed by atoms with E-state index in [4.69, 9.17) is 0 Å². The number of ether oxygens (including phenoxy) is 1. The van der Waals surface area contributed by atoms with Crippen molar-refractivity contribution in [3.05, 3.63) is 53.6 Å². The number of alkyl halides is 3. The van der Waals surface area contributed by atoms with Crippen LogP contribution in [0.2, 0.25) is 0 Å². The highest BCUT2D eigenvalue weighted by atomic mass is 32.2. The second kappa shape index (κ2) is 11.6. The fraction of sp³-hybridized carbons (Fsp3) is 0.474. The molecule has 0 spiro atoms. The van der Waals surface area contributed by atoms with Crippen LogP contribution in [-0.4, -0.2) is 56.1 Å². The van der Waals surface area contributed by atoms with Gasteiger partial charge in [-0.05, 0) is 30.5 Å².